The molecule has 0 aliphatic carbocycles. The summed E-state index contributed by atoms with van der Waals surface area (Å²) >= 11 is 0. The van der Waals surface area contributed by atoms with Crippen LogP contribution in [-0.2, 0) is 26.2 Å². The number of methoxy groups -OCH3 is 2. The zero-order chi connectivity index (χ0) is 27.0. The highest BCUT2D eigenvalue weighted by molar-refractivity contribution is 7.92. The summed E-state index contributed by atoms with van der Waals surface area (Å²) in [6.45, 7) is 7.66. The molecule has 9 nitrogen and oxygen atoms in total. The molecule has 2 aromatic carbocycles. The number of nitrogens with one attached hydrogen (secondary N) is 1. The number of carbonyl (C=O) groups excluding carboxylic acids is 2. The van der Waals surface area contributed by atoms with Gasteiger partial charge in [-0.15, -0.1) is 0 Å². The van der Waals surface area contributed by atoms with Crippen LogP contribution < -0.4 is 19.1 Å². The quantitative estimate of drug-likeness (QED) is 0.462. The Morgan fingerprint density at radius 2 is 1.64 bits per heavy atom. The maximum Gasteiger partial charge on any atom is 0.244 e. The minimum Gasteiger partial charge on any atom is -0.497 e. The van der Waals surface area contributed by atoms with Crippen LogP contribution in [0.15, 0.2) is 42.5 Å². The van der Waals surface area contributed by atoms with Crippen LogP contribution in [-0.4, -0.2) is 64.7 Å². The molecule has 0 saturated carbocycles. The number of anilines is 1. The largest absolute Gasteiger partial charge is 0.497 e. The molecule has 0 saturated heterocycles. The fourth-order valence-electron chi connectivity index (χ4n) is 3.51. The summed E-state index contributed by atoms with van der Waals surface area (Å²) in [6, 6.07) is 11.5. The molecule has 2 amide bonds. The van der Waals surface area contributed by atoms with Crippen molar-refractivity contribution < 1.29 is 27.5 Å². The van der Waals surface area contributed by atoms with E-state index < -0.39 is 28.5 Å². The molecule has 0 bridgehead atoms. The van der Waals surface area contributed by atoms with Crippen LogP contribution in [0.3, 0.4) is 0 Å². The number of rotatable bonds is 12. The average molecular weight is 520 g/mol. The van der Waals surface area contributed by atoms with Gasteiger partial charge in [0.2, 0.25) is 21.8 Å². The van der Waals surface area contributed by atoms with Crippen LogP contribution in [0, 0.1) is 12.8 Å². The van der Waals surface area contributed by atoms with Crippen LogP contribution in [0.2, 0.25) is 0 Å². The molecule has 1 N–H and O–H groups in total. The van der Waals surface area contributed by atoms with Gasteiger partial charge in [0.15, 0.2) is 0 Å². The van der Waals surface area contributed by atoms with Crippen molar-refractivity contribution in [3.8, 4) is 11.5 Å². The minimum absolute atomic E-state index is 0.146. The standard InChI is InChI=1S/C26H37N3O6S/c1-18(2)15-27-26(31)20(4)28(16-21-10-8-19(3)9-11-21)25(30)17-29(36(7,32)33)23-13-12-22(34-5)14-24(23)35-6/h8-14,18,20H,15-17H2,1-7H3,(H,27,31)/t20-/m0/s1. The Bertz CT molecular complexity index is 1150. The summed E-state index contributed by atoms with van der Waals surface area (Å²) in [4.78, 5) is 27.9. The molecule has 0 aromatic heterocycles. The second kappa shape index (κ2) is 12.6. The van der Waals surface area contributed by atoms with Crippen LogP contribution in [0.4, 0.5) is 5.69 Å². The zero-order valence-corrected chi connectivity index (χ0v) is 22.9. The lowest BCUT2D eigenvalue weighted by atomic mass is 10.1. The smallest absolute Gasteiger partial charge is 0.244 e. The molecule has 0 heterocycles. The molecular weight excluding hydrogens is 482 g/mol. The summed E-state index contributed by atoms with van der Waals surface area (Å²) in [6.07, 6.45) is 1.02. The molecule has 0 radical (unpaired) electrons. The number of hydrogen-bond donors (Lipinski definition) is 1. The maximum absolute atomic E-state index is 13.6. The molecule has 10 heteroatoms. The van der Waals surface area contributed by atoms with Crippen molar-refractivity contribution in [2.75, 3.05) is 37.9 Å². The van der Waals surface area contributed by atoms with Gasteiger partial charge in [0.05, 0.1) is 26.2 Å². The van der Waals surface area contributed by atoms with Gasteiger partial charge in [-0.05, 0) is 37.5 Å². The average Bonchev–Trinajstić information content (AvgIpc) is 2.83. The molecule has 0 aliphatic rings. The Morgan fingerprint density at radius 3 is 2.17 bits per heavy atom. The van der Waals surface area contributed by atoms with Gasteiger partial charge in [0.25, 0.3) is 0 Å². The van der Waals surface area contributed by atoms with Gasteiger partial charge >= 0.3 is 0 Å². The molecule has 0 spiro atoms. The number of carbonyl (C=O) groups is 2. The van der Waals surface area contributed by atoms with Crippen molar-refractivity contribution in [1.82, 2.24) is 10.2 Å². The van der Waals surface area contributed by atoms with E-state index in [1.807, 2.05) is 45.0 Å². The Morgan fingerprint density at radius 1 is 1.00 bits per heavy atom. The van der Waals surface area contributed by atoms with E-state index in [9.17, 15) is 18.0 Å². The van der Waals surface area contributed by atoms with Gasteiger partial charge in [-0.1, -0.05) is 43.7 Å². The fourth-order valence-corrected chi connectivity index (χ4v) is 4.36. The molecule has 0 unspecified atom stereocenters. The monoisotopic (exact) mass is 519 g/mol. The van der Waals surface area contributed by atoms with E-state index in [2.05, 4.69) is 5.32 Å². The van der Waals surface area contributed by atoms with Crippen molar-refractivity contribution >= 4 is 27.5 Å². The SMILES string of the molecule is COc1ccc(N(CC(=O)N(Cc2ccc(C)cc2)[C@@H](C)C(=O)NCC(C)C)S(C)(=O)=O)c(OC)c1. The number of nitrogens with zero attached hydrogens (tertiary/aromatic N) is 2. The molecule has 0 aliphatic heterocycles. The van der Waals surface area contributed by atoms with Crippen LogP contribution >= 0.6 is 0 Å². The first-order chi connectivity index (χ1) is 16.9. The Balaban J connectivity index is 2.43. The molecule has 0 fully saturated rings. The summed E-state index contributed by atoms with van der Waals surface area (Å²) < 4.78 is 37.1. The Labute approximate surface area is 214 Å². The molecule has 36 heavy (non-hydrogen) atoms. The zero-order valence-electron chi connectivity index (χ0n) is 22.1. The van der Waals surface area contributed by atoms with E-state index in [1.54, 1.807) is 19.1 Å². The molecule has 198 valence electrons. The van der Waals surface area contributed by atoms with E-state index in [-0.39, 0.29) is 29.8 Å². The Kier molecular flexibility index (Phi) is 10.2. The topological polar surface area (TPSA) is 105 Å². The first-order valence-corrected chi connectivity index (χ1v) is 13.5. The van der Waals surface area contributed by atoms with Gasteiger partial charge in [0.1, 0.15) is 24.1 Å². The summed E-state index contributed by atoms with van der Waals surface area (Å²) in [5.41, 5.74) is 2.08. The fraction of sp³-hybridized carbons (Fsp3) is 0.462. The number of benzene rings is 2. The molecule has 2 aromatic rings. The third kappa shape index (κ3) is 7.87. The minimum atomic E-state index is -3.88. The van der Waals surface area contributed by atoms with Crippen LogP contribution in [0.1, 0.15) is 31.9 Å². The third-order valence-electron chi connectivity index (χ3n) is 5.66. The number of amides is 2. The van der Waals surface area contributed by atoms with Gasteiger partial charge in [-0.3, -0.25) is 13.9 Å². The highest BCUT2D eigenvalue weighted by Gasteiger charge is 2.31. The van der Waals surface area contributed by atoms with Crippen molar-refractivity contribution in [2.24, 2.45) is 5.92 Å². The Hall–Kier alpha value is -3.27. The number of ether oxygens (including phenoxy) is 2. The highest BCUT2D eigenvalue weighted by atomic mass is 32.2. The van der Waals surface area contributed by atoms with Gasteiger partial charge < -0.3 is 19.7 Å². The van der Waals surface area contributed by atoms with Gasteiger partial charge in [0, 0.05) is 19.2 Å². The first kappa shape index (κ1) is 29.0. The number of hydrogen-bond acceptors (Lipinski definition) is 6. The summed E-state index contributed by atoms with van der Waals surface area (Å²) in [5.74, 6) is 0.126. The highest BCUT2D eigenvalue weighted by Crippen LogP contribution is 2.33. The predicted molar refractivity (Wildman–Crippen MR) is 141 cm³/mol. The maximum atomic E-state index is 13.6. The van der Waals surface area contributed by atoms with Crippen molar-refractivity contribution in [3.05, 3.63) is 53.6 Å². The lowest BCUT2D eigenvalue weighted by Gasteiger charge is -2.32. The second-order valence-electron chi connectivity index (χ2n) is 9.13. The van der Waals surface area contributed by atoms with Crippen molar-refractivity contribution in [1.29, 1.82) is 0 Å². The first-order valence-electron chi connectivity index (χ1n) is 11.7. The molecular formula is C26H37N3O6S. The second-order valence-corrected chi connectivity index (χ2v) is 11.0. The molecule has 2 rings (SSSR count). The van der Waals surface area contributed by atoms with Crippen molar-refractivity contribution in [2.45, 2.75) is 40.3 Å². The van der Waals surface area contributed by atoms with Crippen LogP contribution in [0.25, 0.3) is 0 Å². The third-order valence-corrected chi connectivity index (χ3v) is 6.79. The van der Waals surface area contributed by atoms with Gasteiger partial charge in [-0.25, -0.2) is 8.42 Å². The molecule has 1 atom stereocenters. The van der Waals surface area contributed by atoms with E-state index >= 15 is 0 Å². The van der Waals surface area contributed by atoms with E-state index in [0.717, 1.165) is 21.7 Å². The number of sulfonamides is 1. The van der Waals surface area contributed by atoms with E-state index in [1.165, 1.54) is 25.2 Å². The summed E-state index contributed by atoms with van der Waals surface area (Å²) in [5, 5.41) is 2.86. The normalized spacial score (nSPS) is 12.1. The van der Waals surface area contributed by atoms with Gasteiger partial charge in [-0.2, -0.15) is 0 Å². The van der Waals surface area contributed by atoms with Crippen molar-refractivity contribution in [3.63, 3.8) is 0 Å². The number of aryl methyl sites for hydroxylation is 1. The lowest BCUT2D eigenvalue weighted by molar-refractivity contribution is -0.139. The van der Waals surface area contributed by atoms with E-state index in [0.29, 0.717) is 12.3 Å². The summed E-state index contributed by atoms with van der Waals surface area (Å²) in [7, 11) is -0.985. The van der Waals surface area contributed by atoms with E-state index in [4.69, 9.17) is 9.47 Å². The van der Waals surface area contributed by atoms with Crippen LogP contribution in [0.5, 0.6) is 11.5 Å². The lowest BCUT2D eigenvalue weighted by Crippen LogP contribution is -2.51. The predicted octanol–water partition coefficient (Wildman–Crippen LogP) is 2.97.